The Balaban J connectivity index is 1.68. The van der Waals surface area contributed by atoms with Crippen molar-refractivity contribution < 1.29 is 0 Å². The molecule has 0 radical (unpaired) electrons. The minimum Gasteiger partial charge on any atom is -0.310 e. The van der Waals surface area contributed by atoms with Crippen LogP contribution >= 0.6 is 23.4 Å². The normalized spacial score (nSPS) is 14.6. The number of benzene rings is 2. The van der Waals surface area contributed by atoms with Gasteiger partial charge in [0.05, 0.1) is 5.02 Å². The first-order valence-corrected chi connectivity index (χ1v) is 7.75. The van der Waals surface area contributed by atoms with Crippen LogP contribution in [0.3, 0.4) is 0 Å². The summed E-state index contributed by atoms with van der Waals surface area (Å²) in [5.74, 6) is 0. The largest absolute Gasteiger partial charge is 0.310 e. The minimum absolute atomic E-state index is 0.733. The number of rotatable bonds is 5. The fraction of sp³-hybridized carbons (Fsp3) is 0.250. The molecule has 0 aromatic heterocycles. The van der Waals surface area contributed by atoms with Gasteiger partial charge in [-0.15, -0.1) is 0 Å². The second kappa shape index (κ2) is 6.00. The molecule has 0 atom stereocenters. The number of hydrogen-bond acceptors (Lipinski definition) is 2. The van der Waals surface area contributed by atoms with Crippen LogP contribution in [0, 0.1) is 0 Å². The highest BCUT2D eigenvalue weighted by atomic mass is 35.5. The first-order valence-electron chi connectivity index (χ1n) is 6.56. The molecule has 3 rings (SSSR count). The third-order valence-corrected chi connectivity index (χ3v) is 4.65. The minimum atomic E-state index is 0.733. The van der Waals surface area contributed by atoms with Gasteiger partial charge < -0.3 is 5.32 Å². The van der Waals surface area contributed by atoms with E-state index in [1.807, 2.05) is 18.2 Å². The average Bonchev–Trinajstić information content (AvgIpc) is 3.25. The zero-order valence-electron chi connectivity index (χ0n) is 10.6. The van der Waals surface area contributed by atoms with Gasteiger partial charge in [-0.2, -0.15) is 0 Å². The highest BCUT2D eigenvalue weighted by molar-refractivity contribution is 7.99. The predicted molar refractivity (Wildman–Crippen MR) is 81.9 cm³/mol. The molecule has 98 valence electrons. The Morgan fingerprint density at radius 2 is 1.89 bits per heavy atom. The van der Waals surface area contributed by atoms with Gasteiger partial charge in [-0.3, -0.25) is 0 Å². The molecule has 3 heteroatoms. The standard InChI is InChI=1S/C16H16ClNS/c17-15-10-12(11-18-13-7-8-13)6-9-16(15)19-14-4-2-1-3-5-14/h1-6,9-10,13,18H,7-8,11H2. The van der Waals surface area contributed by atoms with E-state index in [1.165, 1.54) is 23.3 Å². The van der Waals surface area contributed by atoms with Crippen LogP contribution in [0.25, 0.3) is 0 Å². The zero-order valence-corrected chi connectivity index (χ0v) is 12.2. The molecule has 0 unspecified atom stereocenters. The first-order chi connectivity index (χ1) is 9.31. The summed E-state index contributed by atoms with van der Waals surface area (Å²) in [5, 5.41) is 4.34. The first kappa shape index (κ1) is 13.0. The van der Waals surface area contributed by atoms with Crippen LogP contribution in [0.4, 0.5) is 0 Å². The van der Waals surface area contributed by atoms with Gasteiger partial charge in [0.25, 0.3) is 0 Å². The Hall–Kier alpha value is -0.960. The molecule has 1 nitrogen and oxygen atoms in total. The lowest BCUT2D eigenvalue weighted by Crippen LogP contribution is -2.15. The summed E-state index contributed by atoms with van der Waals surface area (Å²) in [6.07, 6.45) is 2.63. The van der Waals surface area contributed by atoms with Gasteiger partial charge in [-0.1, -0.05) is 47.6 Å². The lowest BCUT2D eigenvalue weighted by Gasteiger charge is -2.08. The van der Waals surface area contributed by atoms with E-state index in [0.29, 0.717) is 0 Å². The topological polar surface area (TPSA) is 12.0 Å². The molecule has 19 heavy (non-hydrogen) atoms. The van der Waals surface area contributed by atoms with E-state index in [0.717, 1.165) is 22.5 Å². The molecule has 0 heterocycles. The summed E-state index contributed by atoms with van der Waals surface area (Å²) in [7, 11) is 0. The van der Waals surface area contributed by atoms with Crippen molar-refractivity contribution in [2.75, 3.05) is 0 Å². The molecule has 0 aliphatic heterocycles. The molecule has 1 fully saturated rings. The van der Waals surface area contributed by atoms with Crippen LogP contribution in [0.5, 0.6) is 0 Å². The molecule has 0 bridgehead atoms. The summed E-state index contributed by atoms with van der Waals surface area (Å²) < 4.78 is 0. The predicted octanol–water partition coefficient (Wildman–Crippen LogP) is 4.74. The molecular formula is C16H16ClNS. The molecule has 0 amide bonds. The molecule has 2 aromatic carbocycles. The lowest BCUT2D eigenvalue weighted by atomic mass is 10.2. The third-order valence-electron chi connectivity index (χ3n) is 3.14. The van der Waals surface area contributed by atoms with E-state index in [2.05, 4.69) is 35.6 Å². The summed E-state index contributed by atoms with van der Waals surface area (Å²) in [4.78, 5) is 2.33. The molecule has 0 spiro atoms. The van der Waals surface area contributed by atoms with Gasteiger partial charge in [-0.25, -0.2) is 0 Å². The average molecular weight is 290 g/mol. The maximum absolute atomic E-state index is 6.36. The van der Waals surface area contributed by atoms with Gasteiger partial charge in [0.15, 0.2) is 0 Å². The van der Waals surface area contributed by atoms with E-state index in [-0.39, 0.29) is 0 Å². The van der Waals surface area contributed by atoms with E-state index in [1.54, 1.807) is 11.8 Å². The highest BCUT2D eigenvalue weighted by Crippen LogP contribution is 2.33. The summed E-state index contributed by atoms with van der Waals surface area (Å²) in [5.41, 5.74) is 1.26. The maximum atomic E-state index is 6.36. The van der Waals surface area contributed by atoms with Crippen LogP contribution in [0.15, 0.2) is 58.3 Å². The quantitative estimate of drug-likeness (QED) is 0.853. The van der Waals surface area contributed by atoms with Crippen molar-refractivity contribution in [3.05, 3.63) is 59.1 Å². The molecule has 2 aromatic rings. The van der Waals surface area contributed by atoms with Crippen molar-refractivity contribution in [1.29, 1.82) is 0 Å². The Kier molecular flexibility index (Phi) is 4.12. The van der Waals surface area contributed by atoms with E-state index in [9.17, 15) is 0 Å². The van der Waals surface area contributed by atoms with Crippen LogP contribution in [-0.2, 0) is 6.54 Å². The molecule has 0 saturated heterocycles. The van der Waals surface area contributed by atoms with Crippen LogP contribution < -0.4 is 5.32 Å². The fourth-order valence-corrected chi connectivity index (χ4v) is 3.06. The molecule has 1 aliphatic rings. The zero-order chi connectivity index (χ0) is 13.1. The maximum Gasteiger partial charge on any atom is 0.0548 e. The van der Waals surface area contributed by atoms with Gasteiger partial charge in [0.1, 0.15) is 0 Å². The molecular weight excluding hydrogens is 274 g/mol. The summed E-state index contributed by atoms with van der Waals surface area (Å²) in [6, 6.07) is 17.4. The van der Waals surface area contributed by atoms with Crippen molar-refractivity contribution in [3.8, 4) is 0 Å². The Morgan fingerprint density at radius 3 is 2.58 bits per heavy atom. The lowest BCUT2D eigenvalue weighted by molar-refractivity contribution is 0.687. The number of nitrogens with one attached hydrogen (secondary N) is 1. The van der Waals surface area contributed by atoms with Crippen molar-refractivity contribution in [1.82, 2.24) is 5.32 Å². The molecule has 1 saturated carbocycles. The van der Waals surface area contributed by atoms with E-state index in [4.69, 9.17) is 11.6 Å². The Morgan fingerprint density at radius 1 is 1.11 bits per heavy atom. The highest BCUT2D eigenvalue weighted by Gasteiger charge is 2.19. The monoisotopic (exact) mass is 289 g/mol. The van der Waals surface area contributed by atoms with Crippen LogP contribution in [0.1, 0.15) is 18.4 Å². The van der Waals surface area contributed by atoms with Crippen molar-refractivity contribution >= 4 is 23.4 Å². The van der Waals surface area contributed by atoms with Crippen molar-refractivity contribution in [2.24, 2.45) is 0 Å². The second-order valence-corrected chi connectivity index (χ2v) is 6.36. The SMILES string of the molecule is Clc1cc(CNC2CC2)ccc1Sc1ccccc1. The third kappa shape index (κ3) is 3.75. The van der Waals surface area contributed by atoms with Gasteiger partial charge in [0.2, 0.25) is 0 Å². The van der Waals surface area contributed by atoms with E-state index < -0.39 is 0 Å². The summed E-state index contributed by atoms with van der Waals surface area (Å²) in [6.45, 7) is 0.917. The second-order valence-electron chi connectivity index (χ2n) is 4.84. The fourth-order valence-electron chi connectivity index (χ4n) is 1.90. The van der Waals surface area contributed by atoms with Gasteiger partial charge in [-0.05, 0) is 42.7 Å². The Labute approximate surface area is 123 Å². The van der Waals surface area contributed by atoms with Gasteiger partial charge >= 0.3 is 0 Å². The number of hydrogen-bond donors (Lipinski definition) is 1. The number of halogens is 1. The molecule has 1 N–H and O–H groups in total. The van der Waals surface area contributed by atoms with Crippen molar-refractivity contribution in [3.63, 3.8) is 0 Å². The van der Waals surface area contributed by atoms with Crippen LogP contribution in [-0.4, -0.2) is 6.04 Å². The van der Waals surface area contributed by atoms with Crippen LogP contribution in [0.2, 0.25) is 5.02 Å². The summed E-state index contributed by atoms with van der Waals surface area (Å²) >= 11 is 8.07. The van der Waals surface area contributed by atoms with E-state index >= 15 is 0 Å². The van der Waals surface area contributed by atoms with Crippen molar-refractivity contribution in [2.45, 2.75) is 35.2 Å². The molecule has 1 aliphatic carbocycles. The van der Waals surface area contributed by atoms with Gasteiger partial charge in [0, 0.05) is 22.4 Å². The smallest absolute Gasteiger partial charge is 0.0548 e. The Bertz CT molecular complexity index is 552.